The molecule has 0 bridgehead atoms. The zero-order valence-electron chi connectivity index (χ0n) is 44.9. The zero-order chi connectivity index (χ0) is 48.6. The summed E-state index contributed by atoms with van der Waals surface area (Å²) in [5.41, 5.74) is 0. The molecule has 0 saturated carbocycles. The summed E-state index contributed by atoms with van der Waals surface area (Å²) < 4.78 is 5.47. The van der Waals surface area contributed by atoms with Crippen LogP contribution in [0.4, 0.5) is 0 Å². The summed E-state index contributed by atoms with van der Waals surface area (Å²) in [7, 11) is 0. The Labute approximate surface area is 417 Å². The molecule has 0 radical (unpaired) electrons. The van der Waals surface area contributed by atoms with Crippen molar-refractivity contribution in [3.05, 3.63) is 36.5 Å². The predicted octanol–water partition coefficient (Wildman–Crippen LogP) is 18.4. The van der Waals surface area contributed by atoms with E-state index in [-0.39, 0.29) is 18.5 Å². The van der Waals surface area contributed by atoms with Crippen molar-refractivity contribution in [2.75, 3.05) is 13.2 Å². The van der Waals surface area contributed by atoms with E-state index in [0.29, 0.717) is 19.4 Å². The van der Waals surface area contributed by atoms with Crippen molar-refractivity contribution >= 4 is 11.9 Å². The molecule has 6 heteroatoms. The minimum Gasteiger partial charge on any atom is -0.466 e. The summed E-state index contributed by atoms with van der Waals surface area (Å²) >= 11 is 0. The van der Waals surface area contributed by atoms with Gasteiger partial charge in [-0.2, -0.15) is 0 Å². The fraction of sp³-hybridized carbons (Fsp3) is 0.869. The molecule has 0 spiro atoms. The Morgan fingerprint density at radius 2 is 0.746 bits per heavy atom. The van der Waals surface area contributed by atoms with Gasteiger partial charge < -0.3 is 20.3 Å². The lowest BCUT2D eigenvalue weighted by atomic mass is 10.0. The van der Waals surface area contributed by atoms with Crippen LogP contribution in [0.15, 0.2) is 36.5 Å². The fourth-order valence-corrected chi connectivity index (χ4v) is 9.08. The summed E-state index contributed by atoms with van der Waals surface area (Å²) in [5, 5.41) is 23.2. The summed E-state index contributed by atoms with van der Waals surface area (Å²) in [5.74, 6) is -0.117. The van der Waals surface area contributed by atoms with Gasteiger partial charge in [0.25, 0.3) is 0 Å². The number of rotatable bonds is 55. The Kier molecular flexibility index (Phi) is 55.0. The van der Waals surface area contributed by atoms with Crippen LogP contribution >= 0.6 is 0 Å². The second-order valence-corrected chi connectivity index (χ2v) is 20.3. The molecule has 0 aliphatic carbocycles. The Morgan fingerprint density at radius 3 is 1.16 bits per heavy atom. The molecule has 0 aromatic heterocycles. The molecule has 6 nitrogen and oxygen atoms in total. The van der Waals surface area contributed by atoms with Gasteiger partial charge in [0, 0.05) is 12.8 Å². The molecular weight excluding hydrogens is 827 g/mol. The van der Waals surface area contributed by atoms with Crippen molar-refractivity contribution in [1.29, 1.82) is 0 Å². The van der Waals surface area contributed by atoms with E-state index < -0.39 is 12.1 Å². The highest BCUT2D eigenvalue weighted by molar-refractivity contribution is 5.76. The van der Waals surface area contributed by atoms with Gasteiger partial charge in [0.15, 0.2) is 0 Å². The zero-order valence-corrected chi connectivity index (χ0v) is 44.9. The van der Waals surface area contributed by atoms with Crippen LogP contribution < -0.4 is 5.32 Å². The topological polar surface area (TPSA) is 95.9 Å². The molecule has 1 amide bonds. The fourth-order valence-electron chi connectivity index (χ4n) is 9.08. The Balaban J connectivity index is 3.50. The summed E-state index contributed by atoms with van der Waals surface area (Å²) in [6.45, 7) is 4.84. The molecule has 0 saturated heterocycles. The van der Waals surface area contributed by atoms with Crippen LogP contribution in [0.2, 0.25) is 0 Å². The number of nitrogens with one attached hydrogen (secondary N) is 1. The number of allylic oxidation sites excluding steroid dienone is 5. The van der Waals surface area contributed by atoms with Gasteiger partial charge in [-0.05, 0) is 64.2 Å². The van der Waals surface area contributed by atoms with Gasteiger partial charge in [-0.15, -0.1) is 0 Å². The normalized spacial score (nSPS) is 12.8. The number of ether oxygens (including phenoxy) is 1. The molecule has 0 rings (SSSR count). The lowest BCUT2D eigenvalue weighted by Crippen LogP contribution is -2.45. The predicted molar refractivity (Wildman–Crippen MR) is 292 cm³/mol. The molecular formula is C61H115NO5. The third-order valence-electron chi connectivity index (χ3n) is 13.7. The Bertz CT molecular complexity index is 1090. The monoisotopic (exact) mass is 942 g/mol. The average Bonchev–Trinajstić information content (AvgIpc) is 3.33. The third-order valence-corrected chi connectivity index (χ3v) is 13.7. The largest absolute Gasteiger partial charge is 0.466 e. The number of hydrogen-bond donors (Lipinski definition) is 3. The molecule has 2 unspecified atom stereocenters. The number of hydrogen-bond acceptors (Lipinski definition) is 5. The maximum Gasteiger partial charge on any atom is 0.305 e. The number of amides is 1. The SMILES string of the molecule is CCCCC/C=C\C/C=C\CCCCCCCCCC(=O)OCCCCCCCCCCCCC(=O)NC(CO)C(O)/C=C/CCCCCCCCCCCCCCCCCCCCCCC. The van der Waals surface area contributed by atoms with Crippen molar-refractivity contribution in [3.8, 4) is 0 Å². The van der Waals surface area contributed by atoms with E-state index in [2.05, 4.69) is 43.5 Å². The van der Waals surface area contributed by atoms with Crippen LogP contribution in [-0.4, -0.2) is 47.4 Å². The number of carbonyl (C=O) groups is 2. The first-order valence-electron chi connectivity index (χ1n) is 29.8. The van der Waals surface area contributed by atoms with Gasteiger partial charge in [0.2, 0.25) is 5.91 Å². The second-order valence-electron chi connectivity index (χ2n) is 20.3. The maximum absolute atomic E-state index is 12.5. The van der Waals surface area contributed by atoms with Crippen LogP contribution in [-0.2, 0) is 14.3 Å². The van der Waals surface area contributed by atoms with Crippen molar-refractivity contribution in [2.45, 2.75) is 328 Å². The van der Waals surface area contributed by atoms with Gasteiger partial charge in [-0.1, -0.05) is 275 Å². The standard InChI is InChI=1S/C61H115NO5/c1-3-5-7-9-11-13-15-17-19-21-22-23-24-25-26-28-29-31-33-37-41-45-49-53-59(64)58(57-63)62-60(65)54-50-46-42-38-35-36-40-44-48-52-56-67-61(66)55-51-47-43-39-34-32-30-27-20-18-16-14-12-10-8-6-4-2/h12,14,18,20,49,53,58-59,63-64H,3-11,13,15-17,19,21-48,50-52,54-57H2,1-2H3,(H,62,65)/b14-12-,20-18-,53-49+. The Hall–Kier alpha value is -1.92. The van der Waals surface area contributed by atoms with Crippen molar-refractivity contribution in [3.63, 3.8) is 0 Å². The maximum atomic E-state index is 12.5. The quantitative estimate of drug-likeness (QED) is 0.0321. The van der Waals surface area contributed by atoms with E-state index in [1.54, 1.807) is 6.08 Å². The smallest absolute Gasteiger partial charge is 0.305 e. The Morgan fingerprint density at radius 1 is 0.418 bits per heavy atom. The molecule has 2 atom stereocenters. The van der Waals surface area contributed by atoms with Crippen molar-refractivity contribution < 1.29 is 24.5 Å². The molecule has 394 valence electrons. The molecule has 0 aliphatic heterocycles. The highest BCUT2D eigenvalue weighted by Gasteiger charge is 2.18. The van der Waals surface area contributed by atoms with Crippen LogP contribution in [0, 0.1) is 0 Å². The van der Waals surface area contributed by atoms with Gasteiger partial charge in [0.05, 0.1) is 25.4 Å². The van der Waals surface area contributed by atoms with Crippen molar-refractivity contribution in [2.24, 2.45) is 0 Å². The van der Waals surface area contributed by atoms with Gasteiger partial charge in [-0.3, -0.25) is 9.59 Å². The molecule has 67 heavy (non-hydrogen) atoms. The van der Waals surface area contributed by atoms with E-state index in [0.717, 1.165) is 64.2 Å². The minimum atomic E-state index is -0.861. The molecule has 0 aliphatic rings. The number of carbonyl (C=O) groups excluding carboxylic acids is 2. The minimum absolute atomic E-state index is 0.0281. The van der Waals surface area contributed by atoms with Gasteiger partial charge in [0.1, 0.15) is 0 Å². The highest BCUT2D eigenvalue weighted by Crippen LogP contribution is 2.17. The molecule has 3 N–H and O–H groups in total. The van der Waals surface area contributed by atoms with Gasteiger partial charge in [-0.25, -0.2) is 0 Å². The molecule has 0 fully saturated rings. The van der Waals surface area contributed by atoms with E-state index in [1.807, 2.05) is 6.08 Å². The third kappa shape index (κ3) is 53.3. The number of unbranched alkanes of at least 4 members (excludes halogenated alkanes) is 40. The number of esters is 1. The first kappa shape index (κ1) is 65.1. The van der Waals surface area contributed by atoms with E-state index in [1.165, 1.54) is 225 Å². The second kappa shape index (κ2) is 56.7. The average molecular weight is 943 g/mol. The molecule has 0 heterocycles. The van der Waals surface area contributed by atoms with Gasteiger partial charge >= 0.3 is 5.97 Å². The summed E-state index contributed by atoms with van der Waals surface area (Å²) in [6.07, 6.45) is 70.2. The molecule has 0 aromatic rings. The lowest BCUT2D eigenvalue weighted by molar-refractivity contribution is -0.143. The molecule has 0 aromatic carbocycles. The van der Waals surface area contributed by atoms with Crippen LogP contribution in [0.25, 0.3) is 0 Å². The highest BCUT2D eigenvalue weighted by atomic mass is 16.5. The van der Waals surface area contributed by atoms with E-state index in [4.69, 9.17) is 4.74 Å². The van der Waals surface area contributed by atoms with E-state index >= 15 is 0 Å². The first-order valence-corrected chi connectivity index (χ1v) is 29.8. The summed E-state index contributed by atoms with van der Waals surface area (Å²) in [4.78, 5) is 24.6. The number of aliphatic hydroxyl groups is 2. The van der Waals surface area contributed by atoms with Crippen molar-refractivity contribution in [1.82, 2.24) is 5.32 Å². The first-order chi connectivity index (χ1) is 33.0. The number of aliphatic hydroxyl groups excluding tert-OH is 2. The van der Waals surface area contributed by atoms with Crippen LogP contribution in [0.3, 0.4) is 0 Å². The lowest BCUT2D eigenvalue weighted by Gasteiger charge is -2.20. The van der Waals surface area contributed by atoms with Crippen LogP contribution in [0.5, 0.6) is 0 Å². The van der Waals surface area contributed by atoms with Crippen LogP contribution in [0.1, 0.15) is 316 Å². The van der Waals surface area contributed by atoms with E-state index in [9.17, 15) is 19.8 Å². The summed E-state index contributed by atoms with van der Waals surface area (Å²) in [6, 6.07) is -0.647.